The number of nitrogens with zero attached hydrogens (tertiary/aromatic N) is 1. The molecule has 0 aliphatic rings. The van der Waals surface area contributed by atoms with Gasteiger partial charge in [-0.2, -0.15) is 5.10 Å². The number of benzene rings is 3. The maximum absolute atomic E-state index is 12.7. The molecule has 2 N–H and O–H groups in total. The van der Waals surface area contributed by atoms with Crippen LogP contribution in [-0.2, 0) is 11.4 Å². The Morgan fingerprint density at radius 3 is 2.36 bits per heavy atom. The van der Waals surface area contributed by atoms with Gasteiger partial charge in [-0.15, -0.1) is 0 Å². The second-order valence-electron chi connectivity index (χ2n) is 8.16. The Morgan fingerprint density at radius 1 is 1.00 bits per heavy atom. The SMILES string of the molecule is CC(C)C(NC(=O)c1ccc(Cl)c(Cl)c1)C(=O)N/N=C/c1ccc(OCc2ccc(Br)cc2)c(Br)c1. The monoisotopic (exact) mass is 653 g/mol. The molecule has 0 aliphatic carbocycles. The Morgan fingerprint density at radius 2 is 1.72 bits per heavy atom. The van der Waals surface area contributed by atoms with Crippen LogP contribution in [0.1, 0.15) is 35.3 Å². The summed E-state index contributed by atoms with van der Waals surface area (Å²) < 4.78 is 7.64. The number of halogens is 4. The topological polar surface area (TPSA) is 79.8 Å². The van der Waals surface area contributed by atoms with Gasteiger partial charge in [-0.25, -0.2) is 5.43 Å². The quantitative estimate of drug-likeness (QED) is 0.192. The van der Waals surface area contributed by atoms with E-state index in [1.165, 1.54) is 18.3 Å². The van der Waals surface area contributed by atoms with Gasteiger partial charge in [0, 0.05) is 10.0 Å². The third-order valence-corrected chi connectivity index (χ3v) is 6.96. The van der Waals surface area contributed by atoms with Crippen molar-refractivity contribution in [3.8, 4) is 5.75 Å². The fraction of sp³-hybridized carbons (Fsp3) is 0.192. The number of carbonyl (C=O) groups excluding carboxylic acids is 2. The lowest BCUT2D eigenvalue weighted by Gasteiger charge is -2.20. The van der Waals surface area contributed by atoms with E-state index >= 15 is 0 Å². The normalized spacial score (nSPS) is 12.0. The summed E-state index contributed by atoms with van der Waals surface area (Å²) in [5.41, 5.74) is 4.59. The number of hydrogen-bond donors (Lipinski definition) is 2. The first kappa shape index (κ1) is 28.2. The Hall–Kier alpha value is -2.39. The molecule has 188 valence electrons. The van der Waals surface area contributed by atoms with Gasteiger partial charge in [0.15, 0.2) is 0 Å². The molecule has 0 saturated carbocycles. The predicted octanol–water partition coefficient (Wildman–Crippen LogP) is 7.00. The van der Waals surface area contributed by atoms with Crippen LogP contribution in [0.5, 0.6) is 5.75 Å². The second kappa shape index (κ2) is 13.2. The van der Waals surface area contributed by atoms with Crippen LogP contribution in [0.2, 0.25) is 10.0 Å². The van der Waals surface area contributed by atoms with E-state index in [1.807, 2.05) is 56.3 Å². The summed E-state index contributed by atoms with van der Waals surface area (Å²) in [4.78, 5) is 25.3. The van der Waals surface area contributed by atoms with Gasteiger partial charge >= 0.3 is 0 Å². The Kier molecular flexibility index (Phi) is 10.4. The maximum Gasteiger partial charge on any atom is 0.262 e. The zero-order valence-corrected chi connectivity index (χ0v) is 24.1. The first-order valence-corrected chi connectivity index (χ1v) is 13.2. The molecule has 6 nitrogen and oxygen atoms in total. The average Bonchev–Trinajstić information content (AvgIpc) is 2.84. The summed E-state index contributed by atoms with van der Waals surface area (Å²) in [5, 5.41) is 7.37. The van der Waals surface area contributed by atoms with Crippen LogP contribution in [0, 0.1) is 5.92 Å². The maximum atomic E-state index is 12.7. The molecule has 10 heteroatoms. The lowest BCUT2D eigenvalue weighted by Crippen LogP contribution is -2.48. The van der Waals surface area contributed by atoms with Gasteiger partial charge in [-0.1, -0.05) is 65.1 Å². The van der Waals surface area contributed by atoms with Gasteiger partial charge in [0.1, 0.15) is 18.4 Å². The number of carbonyl (C=O) groups is 2. The lowest BCUT2D eigenvalue weighted by atomic mass is 10.0. The van der Waals surface area contributed by atoms with E-state index in [4.69, 9.17) is 27.9 Å². The third-order valence-electron chi connectivity index (χ3n) is 5.07. The molecule has 0 aromatic heterocycles. The molecule has 1 unspecified atom stereocenters. The standard InChI is InChI=1S/C26H23Br2Cl2N3O3/c1-15(2)24(32-25(34)18-6-9-21(29)22(30)12-18)26(35)33-31-13-17-5-10-23(20(28)11-17)36-14-16-3-7-19(27)8-4-16/h3-13,15,24H,14H2,1-2H3,(H,32,34)(H,33,35)/b31-13+. The van der Waals surface area contributed by atoms with Crippen molar-refractivity contribution >= 4 is 73.1 Å². The minimum absolute atomic E-state index is 0.178. The molecule has 0 saturated heterocycles. The molecule has 1 atom stereocenters. The molecule has 0 bridgehead atoms. The van der Waals surface area contributed by atoms with E-state index in [1.54, 1.807) is 6.07 Å². The van der Waals surface area contributed by atoms with E-state index in [0.717, 1.165) is 20.1 Å². The number of amides is 2. The number of hydrogen-bond acceptors (Lipinski definition) is 4. The molecule has 0 aliphatic heterocycles. The minimum atomic E-state index is -0.801. The number of rotatable bonds is 9. The van der Waals surface area contributed by atoms with Gasteiger partial charge in [0.05, 0.1) is 20.7 Å². The molecular weight excluding hydrogens is 633 g/mol. The minimum Gasteiger partial charge on any atom is -0.488 e. The second-order valence-corrected chi connectivity index (χ2v) is 10.7. The summed E-state index contributed by atoms with van der Waals surface area (Å²) in [6, 6.07) is 17.1. The van der Waals surface area contributed by atoms with E-state index in [2.05, 4.69) is 47.7 Å². The summed E-state index contributed by atoms with van der Waals surface area (Å²) >= 11 is 18.8. The molecule has 3 aromatic rings. The van der Waals surface area contributed by atoms with Crippen LogP contribution in [0.25, 0.3) is 0 Å². The van der Waals surface area contributed by atoms with Gasteiger partial charge in [0.25, 0.3) is 11.8 Å². The Bertz CT molecular complexity index is 1270. The van der Waals surface area contributed by atoms with Crippen LogP contribution in [-0.4, -0.2) is 24.1 Å². The first-order valence-electron chi connectivity index (χ1n) is 10.9. The molecule has 0 fully saturated rings. The molecular formula is C26H23Br2Cl2N3O3. The fourth-order valence-corrected chi connectivity index (χ4v) is 4.17. The van der Waals surface area contributed by atoms with E-state index in [9.17, 15) is 9.59 Å². The van der Waals surface area contributed by atoms with Gasteiger partial charge in [-0.05, 0) is 81.5 Å². The number of ether oxygens (including phenoxy) is 1. The van der Waals surface area contributed by atoms with E-state index in [-0.39, 0.29) is 10.9 Å². The fourth-order valence-electron chi connectivity index (χ4n) is 3.09. The highest BCUT2D eigenvalue weighted by Gasteiger charge is 2.24. The smallest absolute Gasteiger partial charge is 0.262 e. The first-order chi connectivity index (χ1) is 17.1. The zero-order valence-electron chi connectivity index (χ0n) is 19.4. The third kappa shape index (κ3) is 8.06. The highest BCUT2D eigenvalue weighted by Crippen LogP contribution is 2.27. The highest BCUT2D eigenvalue weighted by atomic mass is 79.9. The van der Waals surface area contributed by atoms with Crippen molar-refractivity contribution in [2.75, 3.05) is 0 Å². The summed E-state index contributed by atoms with van der Waals surface area (Å²) in [7, 11) is 0. The molecule has 0 spiro atoms. The lowest BCUT2D eigenvalue weighted by molar-refractivity contribution is -0.123. The van der Waals surface area contributed by atoms with Crippen LogP contribution in [0.3, 0.4) is 0 Å². The van der Waals surface area contributed by atoms with Crippen LogP contribution in [0.15, 0.2) is 74.7 Å². The van der Waals surface area contributed by atoms with E-state index < -0.39 is 17.9 Å². The molecule has 3 rings (SSSR count). The highest BCUT2D eigenvalue weighted by molar-refractivity contribution is 9.10. The van der Waals surface area contributed by atoms with Crippen molar-refractivity contribution in [1.82, 2.24) is 10.7 Å². The van der Waals surface area contributed by atoms with Crippen molar-refractivity contribution < 1.29 is 14.3 Å². The predicted molar refractivity (Wildman–Crippen MR) is 151 cm³/mol. The average molecular weight is 656 g/mol. The summed E-state index contributed by atoms with van der Waals surface area (Å²) in [5.74, 6) is -0.371. The van der Waals surface area contributed by atoms with Crippen molar-refractivity contribution in [3.05, 3.63) is 96.3 Å². The van der Waals surface area contributed by atoms with E-state index in [0.29, 0.717) is 22.9 Å². The van der Waals surface area contributed by atoms with Crippen molar-refractivity contribution in [3.63, 3.8) is 0 Å². The molecule has 0 heterocycles. The van der Waals surface area contributed by atoms with Gasteiger partial charge < -0.3 is 10.1 Å². The zero-order chi connectivity index (χ0) is 26.2. The largest absolute Gasteiger partial charge is 0.488 e. The van der Waals surface area contributed by atoms with Gasteiger partial charge in [-0.3, -0.25) is 9.59 Å². The number of hydrazone groups is 1. The van der Waals surface area contributed by atoms with Gasteiger partial charge in [0.2, 0.25) is 0 Å². The molecule has 0 radical (unpaired) electrons. The van der Waals surface area contributed by atoms with Crippen LogP contribution in [0.4, 0.5) is 0 Å². The van der Waals surface area contributed by atoms with Crippen LogP contribution < -0.4 is 15.5 Å². The Balaban J connectivity index is 1.58. The summed E-state index contributed by atoms with van der Waals surface area (Å²) in [6.45, 7) is 4.08. The van der Waals surface area contributed by atoms with Crippen molar-refractivity contribution in [2.24, 2.45) is 11.0 Å². The Labute approximate surface area is 236 Å². The summed E-state index contributed by atoms with van der Waals surface area (Å²) in [6.07, 6.45) is 1.51. The number of nitrogens with one attached hydrogen (secondary N) is 2. The van der Waals surface area contributed by atoms with Crippen molar-refractivity contribution in [1.29, 1.82) is 0 Å². The molecule has 3 aromatic carbocycles. The van der Waals surface area contributed by atoms with Crippen LogP contribution >= 0.6 is 55.1 Å². The molecule has 36 heavy (non-hydrogen) atoms. The molecule has 2 amide bonds. The van der Waals surface area contributed by atoms with Crippen molar-refractivity contribution in [2.45, 2.75) is 26.5 Å².